The van der Waals surface area contributed by atoms with Gasteiger partial charge in [-0.05, 0) is 19.1 Å². The maximum absolute atomic E-state index is 12.5. The molecule has 80 valence electrons. The van der Waals surface area contributed by atoms with Gasteiger partial charge in [-0.25, -0.2) is 0 Å². The highest BCUT2D eigenvalue weighted by molar-refractivity contribution is 6.37. The Kier molecular flexibility index (Phi) is 3.15. The van der Waals surface area contributed by atoms with Crippen LogP contribution in [0.25, 0.3) is 0 Å². The molecule has 0 aromatic rings. The molecule has 0 spiro atoms. The first-order chi connectivity index (χ1) is 6.15. The zero-order valence-corrected chi connectivity index (χ0v) is 9.27. The quantitative estimate of drug-likeness (QED) is 0.575. The van der Waals surface area contributed by atoms with Gasteiger partial charge in [-0.2, -0.15) is 13.2 Å². The van der Waals surface area contributed by atoms with Crippen LogP contribution in [0.5, 0.6) is 0 Å². The lowest BCUT2D eigenvalue weighted by Crippen LogP contribution is -2.39. The highest BCUT2D eigenvalue weighted by Crippen LogP contribution is 2.45. The van der Waals surface area contributed by atoms with Crippen LogP contribution in [-0.4, -0.2) is 16.4 Å². The standard InChI is InChI=1S/C8H6Cl3F3/c1-7(11)5(8(12,13)14)2-4(9)3-6(7)10/h2-3,6H,1H3. The summed E-state index contributed by atoms with van der Waals surface area (Å²) < 4.78 is 37.5. The van der Waals surface area contributed by atoms with Gasteiger partial charge >= 0.3 is 6.18 Å². The molecule has 0 aromatic heterocycles. The predicted molar refractivity (Wildman–Crippen MR) is 52.0 cm³/mol. The molecule has 1 rings (SSSR count). The number of halogens is 6. The van der Waals surface area contributed by atoms with Crippen LogP contribution in [0.15, 0.2) is 22.8 Å². The molecular weight excluding hydrogens is 259 g/mol. The van der Waals surface area contributed by atoms with E-state index in [4.69, 9.17) is 34.8 Å². The van der Waals surface area contributed by atoms with Gasteiger partial charge in [0.2, 0.25) is 0 Å². The van der Waals surface area contributed by atoms with Crippen molar-refractivity contribution in [3.63, 3.8) is 0 Å². The van der Waals surface area contributed by atoms with Crippen LogP contribution in [0.3, 0.4) is 0 Å². The lowest BCUT2D eigenvalue weighted by Gasteiger charge is -2.32. The second kappa shape index (κ2) is 3.62. The van der Waals surface area contributed by atoms with E-state index in [-0.39, 0.29) is 5.03 Å². The molecule has 14 heavy (non-hydrogen) atoms. The van der Waals surface area contributed by atoms with Crippen molar-refractivity contribution in [2.45, 2.75) is 23.4 Å². The minimum atomic E-state index is -4.52. The Balaban J connectivity index is 3.20. The molecule has 6 heteroatoms. The minimum Gasteiger partial charge on any atom is -0.166 e. The van der Waals surface area contributed by atoms with Gasteiger partial charge in [-0.1, -0.05) is 11.6 Å². The Morgan fingerprint density at radius 2 is 1.93 bits per heavy atom. The second-order valence-corrected chi connectivity index (χ2v) is 4.78. The predicted octanol–water partition coefficient (Wildman–Crippen LogP) is 4.22. The Labute approximate surface area is 94.3 Å². The third-order valence-electron chi connectivity index (χ3n) is 1.94. The first-order valence-corrected chi connectivity index (χ1v) is 4.84. The molecular formula is C8H6Cl3F3. The zero-order chi connectivity index (χ0) is 11.1. The van der Waals surface area contributed by atoms with Crippen molar-refractivity contribution in [2.75, 3.05) is 0 Å². The summed E-state index contributed by atoms with van der Waals surface area (Å²) in [6.07, 6.45) is -2.43. The maximum Gasteiger partial charge on any atom is 0.414 e. The lowest BCUT2D eigenvalue weighted by atomic mass is 9.91. The Morgan fingerprint density at radius 3 is 2.36 bits per heavy atom. The van der Waals surface area contributed by atoms with Gasteiger partial charge in [0.05, 0.1) is 15.8 Å². The summed E-state index contributed by atoms with van der Waals surface area (Å²) >= 11 is 16.9. The van der Waals surface area contributed by atoms with E-state index in [0.29, 0.717) is 0 Å². The summed E-state index contributed by atoms with van der Waals surface area (Å²) in [6, 6.07) is 0. The molecule has 0 nitrogen and oxygen atoms in total. The molecule has 0 bridgehead atoms. The number of alkyl halides is 5. The average Bonchev–Trinajstić information content (AvgIpc) is 1.95. The SMILES string of the molecule is CC1(Cl)C(C(F)(F)F)=CC(Cl)=CC1Cl. The molecule has 2 unspecified atom stereocenters. The molecule has 1 aliphatic carbocycles. The van der Waals surface area contributed by atoms with Crippen molar-refractivity contribution in [3.05, 3.63) is 22.8 Å². The summed E-state index contributed by atoms with van der Waals surface area (Å²) in [5.41, 5.74) is -0.917. The minimum absolute atomic E-state index is 0.0459. The highest BCUT2D eigenvalue weighted by atomic mass is 35.5. The lowest BCUT2D eigenvalue weighted by molar-refractivity contribution is -0.0967. The largest absolute Gasteiger partial charge is 0.414 e. The number of allylic oxidation sites excluding steroid dienone is 4. The van der Waals surface area contributed by atoms with E-state index in [0.717, 1.165) is 6.08 Å². The number of hydrogen-bond acceptors (Lipinski definition) is 0. The first kappa shape index (κ1) is 12.2. The fourth-order valence-electron chi connectivity index (χ4n) is 1.13. The van der Waals surface area contributed by atoms with Gasteiger partial charge in [0.1, 0.15) is 0 Å². The van der Waals surface area contributed by atoms with Crippen molar-refractivity contribution in [3.8, 4) is 0 Å². The molecule has 0 N–H and O–H groups in total. The van der Waals surface area contributed by atoms with Crippen molar-refractivity contribution < 1.29 is 13.2 Å². The van der Waals surface area contributed by atoms with Gasteiger partial charge < -0.3 is 0 Å². The van der Waals surface area contributed by atoms with E-state index in [1.165, 1.54) is 13.0 Å². The molecule has 2 atom stereocenters. The second-order valence-electron chi connectivity index (χ2n) is 3.08. The molecule has 0 saturated carbocycles. The zero-order valence-electron chi connectivity index (χ0n) is 7.00. The first-order valence-electron chi connectivity index (χ1n) is 3.65. The van der Waals surface area contributed by atoms with Crippen molar-refractivity contribution >= 4 is 34.8 Å². The van der Waals surface area contributed by atoms with Crippen LogP contribution in [0.1, 0.15) is 6.92 Å². The summed E-state index contributed by atoms with van der Waals surface area (Å²) in [6.45, 7) is 1.21. The molecule has 0 heterocycles. The summed E-state index contributed by atoms with van der Waals surface area (Å²) in [5, 5.41) is -1.02. The average molecular weight is 265 g/mol. The van der Waals surface area contributed by atoms with E-state index >= 15 is 0 Å². The van der Waals surface area contributed by atoms with E-state index in [2.05, 4.69) is 0 Å². The van der Waals surface area contributed by atoms with E-state index in [9.17, 15) is 13.2 Å². The van der Waals surface area contributed by atoms with Crippen LogP contribution in [0, 0.1) is 0 Å². The van der Waals surface area contributed by atoms with Crippen LogP contribution in [0.2, 0.25) is 0 Å². The van der Waals surface area contributed by atoms with Gasteiger partial charge in [-0.3, -0.25) is 0 Å². The molecule has 0 aliphatic heterocycles. The summed E-state index contributed by atoms with van der Waals surface area (Å²) in [4.78, 5) is -1.67. The van der Waals surface area contributed by atoms with Gasteiger partial charge in [0.25, 0.3) is 0 Å². The smallest absolute Gasteiger partial charge is 0.166 e. The monoisotopic (exact) mass is 264 g/mol. The van der Waals surface area contributed by atoms with Gasteiger partial charge in [0, 0.05) is 5.03 Å². The molecule has 0 radical (unpaired) electrons. The number of rotatable bonds is 0. The Bertz CT molecular complexity index is 301. The maximum atomic E-state index is 12.5. The van der Waals surface area contributed by atoms with E-state index < -0.39 is 22.0 Å². The topological polar surface area (TPSA) is 0 Å². The van der Waals surface area contributed by atoms with E-state index in [1.807, 2.05) is 0 Å². The Hall–Kier alpha value is 0.140. The van der Waals surface area contributed by atoms with Crippen LogP contribution in [-0.2, 0) is 0 Å². The molecule has 0 fully saturated rings. The third-order valence-corrected chi connectivity index (χ3v) is 3.29. The van der Waals surface area contributed by atoms with Crippen molar-refractivity contribution in [1.82, 2.24) is 0 Å². The molecule has 1 aliphatic rings. The van der Waals surface area contributed by atoms with Crippen LogP contribution < -0.4 is 0 Å². The van der Waals surface area contributed by atoms with Gasteiger partial charge in [-0.15, -0.1) is 23.2 Å². The summed E-state index contributed by atoms with van der Waals surface area (Å²) in [5.74, 6) is 0. The highest BCUT2D eigenvalue weighted by Gasteiger charge is 2.49. The Morgan fingerprint density at radius 1 is 1.43 bits per heavy atom. The normalized spacial score (nSPS) is 33.8. The third kappa shape index (κ3) is 2.20. The molecule has 0 saturated heterocycles. The molecule has 0 aromatic carbocycles. The molecule has 0 amide bonds. The number of hydrogen-bond donors (Lipinski definition) is 0. The fraction of sp³-hybridized carbons (Fsp3) is 0.500. The van der Waals surface area contributed by atoms with Crippen molar-refractivity contribution in [1.29, 1.82) is 0 Å². The van der Waals surface area contributed by atoms with Crippen LogP contribution >= 0.6 is 34.8 Å². The summed E-state index contributed by atoms with van der Waals surface area (Å²) in [7, 11) is 0. The van der Waals surface area contributed by atoms with E-state index in [1.54, 1.807) is 0 Å². The fourth-order valence-corrected chi connectivity index (χ4v) is 1.91. The van der Waals surface area contributed by atoms with Gasteiger partial charge in [0.15, 0.2) is 0 Å². The van der Waals surface area contributed by atoms with Crippen LogP contribution in [0.4, 0.5) is 13.2 Å². The van der Waals surface area contributed by atoms with Crippen molar-refractivity contribution in [2.24, 2.45) is 0 Å².